The molecule has 0 N–H and O–H groups in total. The van der Waals surface area contributed by atoms with Gasteiger partial charge in [-0.1, -0.05) is 0 Å². The van der Waals surface area contributed by atoms with E-state index in [1.165, 1.54) is 25.7 Å². The normalized spacial score (nSPS) is 29.8. The second kappa shape index (κ2) is 4.78. The standard InChI is InChI=1S/C11H19NO2/c1-13-11-10(3-2-6-12-11)9-4-7-14-8-5-9/h9-10H,2-8H2,1H3. The van der Waals surface area contributed by atoms with E-state index in [1.807, 2.05) is 0 Å². The molecule has 0 saturated carbocycles. The Bertz CT molecular complexity index is 209. The first kappa shape index (κ1) is 9.97. The molecular weight excluding hydrogens is 178 g/mol. The van der Waals surface area contributed by atoms with E-state index in [0.29, 0.717) is 5.92 Å². The molecule has 1 unspecified atom stereocenters. The van der Waals surface area contributed by atoms with Crippen molar-refractivity contribution in [3.05, 3.63) is 0 Å². The molecule has 0 amide bonds. The van der Waals surface area contributed by atoms with E-state index in [4.69, 9.17) is 9.47 Å². The molecule has 0 radical (unpaired) electrons. The van der Waals surface area contributed by atoms with Crippen LogP contribution in [0.3, 0.4) is 0 Å². The number of hydrogen-bond donors (Lipinski definition) is 0. The van der Waals surface area contributed by atoms with Crippen molar-refractivity contribution in [2.75, 3.05) is 26.9 Å². The van der Waals surface area contributed by atoms with Crippen molar-refractivity contribution in [1.82, 2.24) is 0 Å². The minimum absolute atomic E-state index is 0.567. The predicted molar refractivity (Wildman–Crippen MR) is 55.6 cm³/mol. The lowest BCUT2D eigenvalue weighted by Gasteiger charge is -2.32. The zero-order valence-corrected chi connectivity index (χ0v) is 8.87. The zero-order valence-electron chi connectivity index (χ0n) is 8.87. The smallest absolute Gasteiger partial charge is 0.186 e. The first-order chi connectivity index (χ1) is 6.92. The van der Waals surface area contributed by atoms with Gasteiger partial charge in [0.05, 0.1) is 7.11 Å². The van der Waals surface area contributed by atoms with Gasteiger partial charge in [-0.2, -0.15) is 0 Å². The molecule has 3 heteroatoms. The van der Waals surface area contributed by atoms with E-state index in [9.17, 15) is 0 Å². The maximum absolute atomic E-state index is 5.38. The van der Waals surface area contributed by atoms with Crippen molar-refractivity contribution in [2.24, 2.45) is 16.8 Å². The Hall–Kier alpha value is -0.570. The van der Waals surface area contributed by atoms with Crippen LogP contribution in [-0.4, -0.2) is 32.8 Å². The van der Waals surface area contributed by atoms with Crippen LogP contribution >= 0.6 is 0 Å². The maximum Gasteiger partial charge on any atom is 0.186 e. The van der Waals surface area contributed by atoms with Crippen LogP contribution in [-0.2, 0) is 9.47 Å². The van der Waals surface area contributed by atoms with E-state index in [1.54, 1.807) is 7.11 Å². The molecule has 3 nitrogen and oxygen atoms in total. The monoisotopic (exact) mass is 197 g/mol. The number of rotatable bonds is 1. The molecule has 80 valence electrons. The Labute approximate surface area is 85.5 Å². The van der Waals surface area contributed by atoms with Crippen LogP contribution in [0.2, 0.25) is 0 Å². The summed E-state index contributed by atoms with van der Waals surface area (Å²) in [5.74, 6) is 2.29. The third kappa shape index (κ3) is 2.08. The maximum atomic E-state index is 5.38. The molecule has 0 aromatic heterocycles. The highest BCUT2D eigenvalue weighted by atomic mass is 16.5. The molecule has 0 bridgehead atoms. The summed E-state index contributed by atoms with van der Waals surface area (Å²) in [6.07, 6.45) is 4.81. The van der Waals surface area contributed by atoms with Gasteiger partial charge in [0.25, 0.3) is 0 Å². The number of nitrogens with zero attached hydrogens (tertiary/aromatic N) is 1. The Balaban J connectivity index is 1.99. The number of methoxy groups -OCH3 is 1. The van der Waals surface area contributed by atoms with Crippen molar-refractivity contribution in [1.29, 1.82) is 0 Å². The molecule has 2 aliphatic heterocycles. The van der Waals surface area contributed by atoms with Crippen LogP contribution in [0, 0.1) is 11.8 Å². The fourth-order valence-electron chi connectivity index (χ4n) is 2.51. The second-order valence-corrected chi connectivity index (χ2v) is 4.12. The molecule has 1 atom stereocenters. The molecule has 2 rings (SSSR count). The average Bonchev–Trinajstić information content (AvgIpc) is 2.30. The van der Waals surface area contributed by atoms with Crippen LogP contribution in [0.5, 0.6) is 0 Å². The SMILES string of the molecule is COC1=NCCCC1C1CCOCC1. The molecule has 0 aromatic carbocycles. The summed E-state index contributed by atoms with van der Waals surface area (Å²) in [4.78, 5) is 4.46. The van der Waals surface area contributed by atoms with Gasteiger partial charge in [0.15, 0.2) is 5.90 Å². The van der Waals surface area contributed by atoms with Crippen molar-refractivity contribution in [3.8, 4) is 0 Å². The minimum Gasteiger partial charge on any atom is -0.484 e. The summed E-state index contributed by atoms with van der Waals surface area (Å²) < 4.78 is 10.7. The summed E-state index contributed by atoms with van der Waals surface area (Å²) in [5.41, 5.74) is 0. The van der Waals surface area contributed by atoms with Gasteiger partial charge in [-0.15, -0.1) is 0 Å². The molecule has 1 saturated heterocycles. The first-order valence-corrected chi connectivity index (χ1v) is 5.58. The van der Waals surface area contributed by atoms with Gasteiger partial charge < -0.3 is 9.47 Å². The average molecular weight is 197 g/mol. The second-order valence-electron chi connectivity index (χ2n) is 4.12. The summed E-state index contributed by atoms with van der Waals surface area (Å²) in [6, 6.07) is 0. The molecule has 2 heterocycles. The Morgan fingerprint density at radius 2 is 2.07 bits per heavy atom. The fourth-order valence-corrected chi connectivity index (χ4v) is 2.51. The van der Waals surface area contributed by atoms with Crippen molar-refractivity contribution >= 4 is 5.90 Å². The third-order valence-corrected chi connectivity index (χ3v) is 3.30. The van der Waals surface area contributed by atoms with E-state index in [0.717, 1.165) is 31.6 Å². The molecule has 1 fully saturated rings. The van der Waals surface area contributed by atoms with Gasteiger partial charge in [-0.3, -0.25) is 4.99 Å². The lowest BCUT2D eigenvalue weighted by atomic mass is 9.82. The largest absolute Gasteiger partial charge is 0.484 e. The van der Waals surface area contributed by atoms with Gasteiger partial charge in [0, 0.05) is 25.7 Å². The lowest BCUT2D eigenvalue weighted by molar-refractivity contribution is 0.0511. The zero-order chi connectivity index (χ0) is 9.80. The van der Waals surface area contributed by atoms with E-state index in [-0.39, 0.29) is 0 Å². The molecule has 0 aromatic rings. The Morgan fingerprint density at radius 1 is 1.29 bits per heavy atom. The summed E-state index contributed by atoms with van der Waals surface area (Å²) in [6.45, 7) is 2.78. The predicted octanol–water partition coefficient (Wildman–Crippen LogP) is 1.87. The quantitative estimate of drug-likeness (QED) is 0.642. The molecule has 0 aliphatic carbocycles. The lowest BCUT2D eigenvalue weighted by Crippen LogP contribution is -2.32. The number of aliphatic imine (C=N–C) groups is 1. The van der Waals surface area contributed by atoms with Gasteiger partial charge in [0.2, 0.25) is 0 Å². The van der Waals surface area contributed by atoms with E-state index in [2.05, 4.69) is 4.99 Å². The highest BCUT2D eigenvalue weighted by molar-refractivity contribution is 5.79. The van der Waals surface area contributed by atoms with Gasteiger partial charge >= 0.3 is 0 Å². The van der Waals surface area contributed by atoms with Gasteiger partial charge in [-0.25, -0.2) is 0 Å². The third-order valence-electron chi connectivity index (χ3n) is 3.30. The number of ether oxygens (including phenoxy) is 2. The molecular formula is C11H19NO2. The fraction of sp³-hybridized carbons (Fsp3) is 0.909. The molecule has 2 aliphatic rings. The van der Waals surface area contributed by atoms with E-state index < -0.39 is 0 Å². The van der Waals surface area contributed by atoms with Gasteiger partial charge in [-0.05, 0) is 31.6 Å². The highest BCUT2D eigenvalue weighted by Crippen LogP contribution is 2.30. The topological polar surface area (TPSA) is 30.8 Å². The van der Waals surface area contributed by atoms with Crippen molar-refractivity contribution in [3.63, 3.8) is 0 Å². The van der Waals surface area contributed by atoms with Gasteiger partial charge in [0.1, 0.15) is 0 Å². The Morgan fingerprint density at radius 3 is 2.79 bits per heavy atom. The molecule has 14 heavy (non-hydrogen) atoms. The molecule has 0 spiro atoms. The van der Waals surface area contributed by atoms with Crippen LogP contribution in [0.25, 0.3) is 0 Å². The minimum atomic E-state index is 0.567. The van der Waals surface area contributed by atoms with Crippen LogP contribution in [0.4, 0.5) is 0 Å². The van der Waals surface area contributed by atoms with Crippen molar-refractivity contribution < 1.29 is 9.47 Å². The summed E-state index contributed by atoms with van der Waals surface area (Å²) in [7, 11) is 1.75. The Kier molecular flexibility index (Phi) is 3.40. The van der Waals surface area contributed by atoms with Crippen LogP contribution in [0.15, 0.2) is 4.99 Å². The number of hydrogen-bond acceptors (Lipinski definition) is 3. The van der Waals surface area contributed by atoms with Crippen LogP contribution < -0.4 is 0 Å². The first-order valence-electron chi connectivity index (χ1n) is 5.58. The summed E-state index contributed by atoms with van der Waals surface area (Å²) >= 11 is 0. The van der Waals surface area contributed by atoms with E-state index >= 15 is 0 Å². The summed E-state index contributed by atoms with van der Waals surface area (Å²) in [5, 5.41) is 0. The van der Waals surface area contributed by atoms with Crippen molar-refractivity contribution in [2.45, 2.75) is 25.7 Å². The van der Waals surface area contributed by atoms with Crippen LogP contribution in [0.1, 0.15) is 25.7 Å². The highest BCUT2D eigenvalue weighted by Gasteiger charge is 2.30.